The maximum absolute atomic E-state index is 5.95. The maximum atomic E-state index is 5.95. The quantitative estimate of drug-likeness (QED) is 0.666. The predicted molar refractivity (Wildman–Crippen MR) is 61.8 cm³/mol. The van der Waals surface area contributed by atoms with E-state index in [2.05, 4.69) is 12.1 Å². The van der Waals surface area contributed by atoms with Gasteiger partial charge in [-0.15, -0.1) is 0 Å². The zero-order chi connectivity index (χ0) is 10.1. The van der Waals surface area contributed by atoms with E-state index in [1.807, 2.05) is 13.0 Å². The molecule has 0 amide bonds. The summed E-state index contributed by atoms with van der Waals surface area (Å²) in [6, 6.07) is 3.96. The molecule has 1 aromatic rings. The van der Waals surface area contributed by atoms with Crippen molar-refractivity contribution in [3.8, 4) is 0 Å². The number of hydrogen-bond donors (Lipinski definition) is 2. The van der Waals surface area contributed by atoms with Gasteiger partial charge in [0.2, 0.25) is 0 Å². The van der Waals surface area contributed by atoms with E-state index in [1.54, 1.807) is 0 Å². The van der Waals surface area contributed by atoms with Crippen LogP contribution in [0, 0.1) is 6.92 Å². The number of nitrogen functional groups attached to an aromatic ring is 2. The molecule has 14 heavy (non-hydrogen) atoms. The van der Waals surface area contributed by atoms with Gasteiger partial charge in [0.15, 0.2) is 0 Å². The molecule has 1 aliphatic rings. The van der Waals surface area contributed by atoms with Crippen molar-refractivity contribution in [2.24, 2.45) is 0 Å². The molecule has 0 spiro atoms. The van der Waals surface area contributed by atoms with E-state index in [1.165, 1.54) is 24.0 Å². The lowest BCUT2D eigenvalue weighted by Gasteiger charge is -2.10. The Kier molecular flexibility index (Phi) is 2.20. The molecule has 0 saturated heterocycles. The number of anilines is 2. The van der Waals surface area contributed by atoms with Crippen LogP contribution in [-0.2, 0) is 0 Å². The van der Waals surface area contributed by atoms with Crippen LogP contribution >= 0.6 is 0 Å². The molecule has 4 N–H and O–H groups in total. The standard InChI is InChI=1S/C12H16N2/c1-8-6-10(9-4-2-3-5-9)12(14)7-11(8)13/h4,6-7H,2-3,5,13-14H2,1H3. The van der Waals surface area contributed by atoms with Gasteiger partial charge >= 0.3 is 0 Å². The van der Waals surface area contributed by atoms with E-state index >= 15 is 0 Å². The van der Waals surface area contributed by atoms with Gasteiger partial charge in [0, 0.05) is 16.9 Å². The van der Waals surface area contributed by atoms with Crippen LogP contribution in [0.5, 0.6) is 0 Å². The summed E-state index contributed by atoms with van der Waals surface area (Å²) >= 11 is 0. The van der Waals surface area contributed by atoms with E-state index in [9.17, 15) is 0 Å². The molecule has 1 aliphatic carbocycles. The van der Waals surface area contributed by atoms with Gasteiger partial charge in [-0.3, -0.25) is 0 Å². The van der Waals surface area contributed by atoms with Crippen molar-refractivity contribution in [1.82, 2.24) is 0 Å². The SMILES string of the molecule is Cc1cc(C2=CCCC2)c(N)cc1N. The second-order valence-corrected chi connectivity index (χ2v) is 3.92. The van der Waals surface area contributed by atoms with E-state index < -0.39 is 0 Å². The van der Waals surface area contributed by atoms with Gasteiger partial charge in [-0.25, -0.2) is 0 Å². The Hall–Kier alpha value is -1.44. The van der Waals surface area contributed by atoms with Gasteiger partial charge in [0.05, 0.1) is 0 Å². The van der Waals surface area contributed by atoms with Crippen molar-refractivity contribution in [2.45, 2.75) is 26.2 Å². The molecule has 0 unspecified atom stereocenters. The van der Waals surface area contributed by atoms with Crippen LogP contribution in [0.15, 0.2) is 18.2 Å². The fourth-order valence-corrected chi connectivity index (χ4v) is 1.94. The Morgan fingerprint density at radius 2 is 1.93 bits per heavy atom. The summed E-state index contributed by atoms with van der Waals surface area (Å²) in [5, 5.41) is 0. The first kappa shape index (κ1) is 9.13. The summed E-state index contributed by atoms with van der Waals surface area (Å²) in [7, 11) is 0. The molecule has 1 aromatic carbocycles. The molecule has 74 valence electrons. The largest absolute Gasteiger partial charge is 0.398 e. The topological polar surface area (TPSA) is 52.0 Å². The van der Waals surface area contributed by atoms with E-state index in [4.69, 9.17) is 11.5 Å². The molecule has 2 heteroatoms. The zero-order valence-electron chi connectivity index (χ0n) is 8.51. The van der Waals surface area contributed by atoms with Crippen LogP contribution < -0.4 is 11.5 Å². The number of benzene rings is 1. The van der Waals surface area contributed by atoms with E-state index in [0.717, 1.165) is 23.4 Å². The third-order valence-electron chi connectivity index (χ3n) is 2.83. The van der Waals surface area contributed by atoms with Crippen LogP contribution in [0.3, 0.4) is 0 Å². The molecule has 0 fully saturated rings. The van der Waals surface area contributed by atoms with E-state index in [0.29, 0.717) is 0 Å². The lowest BCUT2D eigenvalue weighted by atomic mass is 10.00. The summed E-state index contributed by atoms with van der Waals surface area (Å²) in [5.74, 6) is 0. The lowest BCUT2D eigenvalue weighted by Crippen LogP contribution is -1.98. The lowest BCUT2D eigenvalue weighted by molar-refractivity contribution is 0.935. The Morgan fingerprint density at radius 3 is 2.57 bits per heavy atom. The molecule has 2 nitrogen and oxygen atoms in total. The molecule has 0 aliphatic heterocycles. The fourth-order valence-electron chi connectivity index (χ4n) is 1.94. The molecule has 2 rings (SSSR count). The fraction of sp³-hybridized carbons (Fsp3) is 0.333. The van der Waals surface area contributed by atoms with Crippen molar-refractivity contribution in [3.05, 3.63) is 29.3 Å². The highest BCUT2D eigenvalue weighted by atomic mass is 14.6. The Bertz CT molecular complexity index is 392. The van der Waals surface area contributed by atoms with Crippen LogP contribution in [-0.4, -0.2) is 0 Å². The summed E-state index contributed by atoms with van der Waals surface area (Å²) < 4.78 is 0. The number of aryl methyl sites for hydroxylation is 1. The summed E-state index contributed by atoms with van der Waals surface area (Å²) in [6.45, 7) is 2.02. The molecular formula is C12H16N2. The monoisotopic (exact) mass is 188 g/mol. The highest BCUT2D eigenvalue weighted by Crippen LogP contribution is 2.33. The number of nitrogens with two attached hydrogens (primary N) is 2. The van der Waals surface area contributed by atoms with Crippen molar-refractivity contribution in [3.63, 3.8) is 0 Å². The minimum Gasteiger partial charge on any atom is -0.398 e. The van der Waals surface area contributed by atoms with Crippen molar-refractivity contribution < 1.29 is 0 Å². The minimum atomic E-state index is 0.782. The molecule has 0 saturated carbocycles. The normalized spacial score (nSPS) is 15.6. The zero-order valence-corrected chi connectivity index (χ0v) is 8.51. The maximum Gasteiger partial charge on any atom is 0.0411 e. The van der Waals surface area contributed by atoms with Gasteiger partial charge in [-0.1, -0.05) is 6.08 Å². The van der Waals surface area contributed by atoms with Crippen molar-refractivity contribution in [2.75, 3.05) is 11.5 Å². The molecule has 0 radical (unpaired) electrons. The molecule has 0 atom stereocenters. The van der Waals surface area contributed by atoms with Gasteiger partial charge < -0.3 is 11.5 Å². The number of rotatable bonds is 1. The minimum absolute atomic E-state index is 0.782. The smallest absolute Gasteiger partial charge is 0.0411 e. The first-order valence-electron chi connectivity index (χ1n) is 5.03. The van der Waals surface area contributed by atoms with Gasteiger partial charge in [0.1, 0.15) is 0 Å². The first-order valence-corrected chi connectivity index (χ1v) is 5.03. The molecule has 0 heterocycles. The highest BCUT2D eigenvalue weighted by Gasteiger charge is 2.11. The average molecular weight is 188 g/mol. The first-order chi connectivity index (χ1) is 6.68. The summed E-state index contributed by atoms with van der Waals surface area (Å²) in [6.07, 6.45) is 5.85. The summed E-state index contributed by atoms with van der Waals surface area (Å²) in [5.41, 5.74) is 17.0. The van der Waals surface area contributed by atoms with Crippen LogP contribution in [0.1, 0.15) is 30.4 Å². The second-order valence-electron chi connectivity index (χ2n) is 3.92. The Morgan fingerprint density at radius 1 is 1.14 bits per heavy atom. The third kappa shape index (κ3) is 1.48. The second kappa shape index (κ2) is 3.37. The van der Waals surface area contributed by atoms with Crippen LogP contribution in [0.2, 0.25) is 0 Å². The highest BCUT2D eigenvalue weighted by molar-refractivity contribution is 5.79. The van der Waals surface area contributed by atoms with Gasteiger partial charge in [-0.2, -0.15) is 0 Å². The van der Waals surface area contributed by atoms with Crippen molar-refractivity contribution in [1.29, 1.82) is 0 Å². The van der Waals surface area contributed by atoms with Gasteiger partial charge in [0.25, 0.3) is 0 Å². The van der Waals surface area contributed by atoms with Crippen LogP contribution in [0.25, 0.3) is 5.57 Å². The Balaban J connectivity index is 2.47. The average Bonchev–Trinajstić information content (AvgIpc) is 2.64. The molecule has 0 bridgehead atoms. The van der Waals surface area contributed by atoms with Gasteiger partial charge in [-0.05, 0) is 49.5 Å². The number of allylic oxidation sites excluding steroid dienone is 2. The summed E-state index contributed by atoms with van der Waals surface area (Å²) in [4.78, 5) is 0. The number of hydrogen-bond acceptors (Lipinski definition) is 2. The molecular weight excluding hydrogens is 172 g/mol. The predicted octanol–water partition coefficient (Wildman–Crippen LogP) is 2.73. The van der Waals surface area contributed by atoms with E-state index in [-0.39, 0.29) is 0 Å². The van der Waals surface area contributed by atoms with Crippen molar-refractivity contribution >= 4 is 16.9 Å². The Labute approximate surface area is 84.6 Å². The van der Waals surface area contributed by atoms with Crippen LogP contribution in [0.4, 0.5) is 11.4 Å². The third-order valence-corrected chi connectivity index (χ3v) is 2.83. The molecule has 0 aromatic heterocycles.